The Morgan fingerprint density at radius 1 is 1.19 bits per heavy atom. The van der Waals surface area contributed by atoms with Crippen molar-refractivity contribution in [1.82, 2.24) is 5.32 Å². The van der Waals surface area contributed by atoms with Gasteiger partial charge in [0.15, 0.2) is 0 Å². The molecule has 9 heteroatoms. The third-order valence-electron chi connectivity index (χ3n) is 4.48. The van der Waals surface area contributed by atoms with Gasteiger partial charge in [0.05, 0.1) is 11.2 Å². The van der Waals surface area contributed by atoms with Crippen LogP contribution in [0.15, 0.2) is 23.7 Å². The SMILES string of the molecule is CNCC(=Cc1cc(OC(F)(F)F)ccc1F)B1OC(C)(C)C(C)(C)O1. The highest BCUT2D eigenvalue weighted by Gasteiger charge is 2.52. The highest BCUT2D eigenvalue weighted by atomic mass is 19.4. The predicted molar refractivity (Wildman–Crippen MR) is 91.1 cm³/mol. The first-order valence-electron chi connectivity index (χ1n) is 8.10. The van der Waals surface area contributed by atoms with Crippen molar-refractivity contribution >= 4 is 13.2 Å². The molecule has 1 heterocycles. The van der Waals surface area contributed by atoms with Gasteiger partial charge < -0.3 is 19.4 Å². The molecule has 1 N–H and O–H groups in total. The van der Waals surface area contributed by atoms with Crippen molar-refractivity contribution in [2.75, 3.05) is 13.6 Å². The van der Waals surface area contributed by atoms with E-state index in [-0.39, 0.29) is 5.56 Å². The number of halogens is 4. The second-order valence-electron chi connectivity index (χ2n) is 7.07. The molecule has 144 valence electrons. The molecule has 0 atom stereocenters. The smallest absolute Gasteiger partial charge is 0.406 e. The average molecular weight is 375 g/mol. The normalized spacial score (nSPS) is 19.7. The van der Waals surface area contributed by atoms with Crippen LogP contribution in [0.2, 0.25) is 0 Å². The number of alkyl halides is 3. The first-order valence-corrected chi connectivity index (χ1v) is 8.10. The molecular weight excluding hydrogens is 353 g/mol. The zero-order chi connectivity index (χ0) is 19.8. The van der Waals surface area contributed by atoms with Crippen molar-refractivity contribution in [2.45, 2.75) is 45.3 Å². The van der Waals surface area contributed by atoms with E-state index in [1.54, 1.807) is 7.05 Å². The van der Waals surface area contributed by atoms with Crippen LogP contribution in [0, 0.1) is 5.82 Å². The van der Waals surface area contributed by atoms with Crippen molar-refractivity contribution < 1.29 is 31.6 Å². The molecule has 2 rings (SSSR count). The predicted octanol–water partition coefficient (Wildman–Crippen LogP) is 3.96. The van der Waals surface area contributed by atoms with Gasteiger partial charge in [-0.1, -0.05) is 6.08 Å². The molecule has 1 aliphatic heterocycles. The Morgan fingerprint density at radius 3 is 2.27 bits per heavy atom. The first kappa shape index (κ1) is 20.7. The summed E-state index contributed by atoms with van der Waals surface area (Å²) in [6.45, 7) is 7.82. The van der Waals surface area contributed by atoms with Crippen molar-refractivity contribution in [3.05, 3.63) is 35.1 Å². The van der Waals surface area contributed by atoms with Crippen LogP contribution in [0.25, 0.3) is 6.08 Å². The van der Waals surface area contributed by atoms with E-state index in [4.69, 9.17) is 9.31 Å². The Labute approximate surface area is 150 Å². The van der Waals surface area contributed by atoms with Gasteiger partial charge in [-0.25, -0.2) is 4.39 Å². The Morgan fingerprint density at radius 2 is 1.77 bits per heavy atom. The third kappa shape index (κ3) is 4.78. The van der Waals surface area contributed by atoms with E-state index in [9.17, 15) is 17.6 Å². The lowest BCUT2D eigenvalue weighted by Gasteiger charge is -2.32. The molecule has 0 spiro atoms. The van der Waals surface area contributed by atoms with Gasteiger partial charge in [-0.3, -0.25) is 0 Å². The Hall–Kier alpha value is -1.58. The second-order valence-corrected chi connectivity index (χ2v) is 7.07. The number of likely N-dealkylation sites (N-methyl/N-ethyl adjacent to an activating group) is 1. The summed E-state index contributed by atoms with van der Waals surface area (Å²) < 4.78 is 67.0. The van der Waals surface area contributed by atoms with E-state index in [0.29, 0.717) is 12.0 Å². The molecule has 1 aromatic carbocycles. The zero-order valence-corrected chi connectivity index (χ0v) is 15.3. The molecular formula is C17H22BF4NO3. The topological polar surface area (TPSA) is 39.7 Å². The summed E-state index contributed by atoms with van der Waals surface area (Å²) in [5.74, 6) is -1.17. The molecule has 1 aromatic rings. The maximum absolute atomic E-state index is 14.1. The molecule has 0 saturated carbocycles. The fraction of sp³-hybridized carbons (Fsp3) is 0.529. The minimum atomic E-state index is -4.85. The zero-order valence-electron chi connectivity index (χ0n) is 15.3. The molecule has 0 aliphatic carbocycles. The van der Waals surface area contributed by atoms with Gasteiger partial charge in [0.1, 0.15) is 11.6 Å². The van der Waals surface area contributed by atoms with Gasteiger partial charge in [0.25, 0.3) is 0 Å². The lowest BCUT2D eigenvalue weighted by atomic mass is 9.77. The lowest BCUT2D eigenvalue weighted by molar-refractivity contribution is -0.274. The molecule has 1 saturated heterocycles. The standard InChI is InChI=1S/C17H22BF4NO3/c1-15(2)16(3,4)26-18(25-15)12(10-23-5)8-11-9-13(6-7-14(11)19)24-17(20,21)22/h6-9,23H,10H2,1-5H3. The van der Waals surface area contributed by atoms with Gasteiger partial charge in [-0.05, 0) is 58.4 Å². The van der Waals surface area contributed by atoms with Crippen molar-refractivity contribution in [1.29, 1.82) is 0 Å². The third-order valence-corrected chi connectivity index (χ3v) is 4.48. The largest absolute Gasteiger partial charge is 0.573 e. The monoisotopic (exact) mass is 375 g/mol. The summed E-state index contributed by atoms with van der Waals surface area (Å²) in [5, 5.41) is 2.93. The fourth-order valence-corrected chi connectivity index (χ4v) is 2.43. The second kappa shape index (κ2) is 7.21. The Kier molecular flexibility index (Phi) is 5.75. The summed E-state index contributed by atoms with van der Waals surface area (Å²) in [4.78, 5) is 0. The summed E-state index contributed by atoms with van der Waals surface area (Å²) in [5.41, 5.74) is -0.685. The summed E-state index contributed by atoms with van der Waals surface area (Å²) >= 11 is 0. The fourth-order valence-electron chi connectivity index (χ4n) is 2.43. The van der Waals surface area contributed by atoms with Gasteiger partial charge in [0, 0.05) is 12.1 Å². The molecule has 1 fully saturated rings. The highest BCUT2D eigenvalue weighted by Crippen LogP contribution is 2.39. The quantitative estimate of drug-likeness (QED) is 0.625. The van der Waals surface area contributed by atoms with E-state index in [1.807, 2.05) is 27.7 Å². The first-order chi connectivity index (χ1) is 11.8. The van der Waals surface area contributed by atoms with Gasteiger partial charge in [0.2, 0.25) is 0 Å². The lowest BCUT2D eigenvalue weighted by Crippen LogP contribution is -2.41. The van der Waals surface area contributed by atoms with Crippen molar-refractivity contribution in [2.24, 2.45) is 0 Å². The van der Waals surface area contributed by atoms with Crippen LogP contribution in [0.4, 0.5) is 17.6 Å². The van der Waals surface area contributed by atoms with Gasteiger partial charge in [-0.2, -0.15) is 0 Å². The average Bonchev–Trinajstić information content (AvgIpc) is 2.69. The summed E-state index contributed by atoms with van der Waals surface area (Å²) in [6.07, 6.45) is -3.43. The molecule has 26 heavy (non-hydrogen) atoms. The molecule has 1 aliphatic rings. The maximum Gasteiger partial charge on any atom is 0.573 e. The summed E-state index contributed by atoms with van der Waals surface area (Å²) in [6, 6.07) is 2.84. The Bertz CT molecular complexity index is 673. The molecule has 4 nitrogen and oxygen atoms in total. The van der Waals surface area contributed by atoms with Gasteiger partial charge in [-0.15, -0.1) is 13.2 Å². The number of ether oxygens (including phenoxy) is 1. The number of hydrogen-bond acceptors (Lipinski definition) is 4. The number of nitrogens with one attached hydrogen (secondary N) is 1. The van der Waals surface area contributed by atoms with E-state index >= 15 is 0 Å². The number of hydrogen-bond donors (Lipinski definition) is 1. The minimum Gasteiger partial charge on any atom is -0.406 e. The molecule has 0 unspecified atom stereocenters. The molecule has 0 radical (unpaired) electrons. The van der Waals surface area contributed by atoms with Crippen molar-refractivity contribution in [3.63, 3.8) is 0 Å². The van der Waals surface area contributed by atoms with Crippen LogP contribution in [-0.4, -0.2) is 38.3 Å². The van der Waals surface area contributed by atoms with E-state index in [1.165, 1.54) is 6.08 Å². The minimum absolute atomic E-state index is 0.0493. The Balaban J connectivity index is 2.36. The van der Waals surface area contributed by atoms with Crippen LogP contribution >= 0.6 is 0 Å². The van der Waals surface area contributed by atoms with Crippen LogP contribution in [-0.2, 0) is 9.31 Å². The van der Waals surface area contributed by atoms with Crippen LogP contribution in [0.1, 0.15) is 33.3 Å². The molecule has 0 aromatic heterocycles. The molecule has 0 bridgehead atoms. The van der Waals surface area contributed by atoms with Crippen LogP contribution in [0.3, 0.4) is 0 Å². The van der Waals surface area contributed by atoms with E-state index in [0.717, 1.165) is 18.2 Å². The highest BCUT2D eigenvalue weighted by molar-refractivity contribution is 6.55. The number of rotatable bonds is 5. The summed E-state index contributed by atoms with van der Waals surface area (Å²) in [7, 11) is 0.942. The maximum atomic E-state index is 14.1. The molecule has 0 amide bonds. The van der Waals surface area contributed by atoms with Crippen molar-refractivity contribution in [3.8, 4) is 5.75 Å². The van der Waals surface area contributed by atoms with Gasteiger partial charge >= 0.3 is 13.5 Å². The van der Waals surface area contributed by atoms with Crippen LogP contribution < -0.4 is 10.1 Å². The van der Waals surface area contributed by atoms with E-state index in [2.05, 4.69) is 10.1 Å². The number of benzene rings is 1. The van der Waals surface area contributed by atoms with Crippen LogP contribution in [0.5, 0.6) is 5.75 Å². The van der Waals surface area contributed by atoms with E-state index < -0.39 is 36.2 Å².